The molecule has 1 N–H and O–H groups in total. The predicted octanol–water partition coefficient (Wildman–Crippen LogP) is 5.07. The molecule has 0 radical (unpaired) electrons. The molecule has 0 spiro atoms. The Morgan fingerprint density at radius 3 is 1.59 bits per heavy atom. The number of rotatable bonds is 9. The second-order valence-electron chi connectivity index (χ2n) is 10.9. The molecular formula is C24H41NO9. The molecule has 1 aromatic rings. The van der Waals surface area contributed by atoms with E-state index in [9.17, 15) is 4.79 Å². The van der Waals surface area contributed by atoms with Gasteiger partial charge >= 0.3 is 5.97 Å². The van der Waals surface area contributed by atoms with E-state index in [2.05, 4.69) is 0 Å². The van der Waals surface area contributed by atoms with Gasteiger partial charge in [-0.15, -0.1) is 10.1 Å². The van der Waals surface area contributed by atoms with Crippen LogP contribution in [0.3, 0.4) is 0 Å². The Labute approximate surface area is 202 Å². The number of carbonyl (C=O) groups excluding carboxylic acids is 1. The summed E-state index contributed by atoms with van der Waals surface area (Å²) in [5.41, 5.74) is -1.26. The molecule has 0 heterocycles. The van der Waals surface area contributed by atoms with Crippen molar-refractivity contribution in [1.82, 2.24) is 0 Å². The lowest BCUT2D eigenvalue weighted by atomic mass is 10.1. The lowest BCUT2D eigenvalue weighted by Crippen LogP contribution is -2.40. The van der Waals surface area contributed by atoms with Gasteiger partial charge in [0.15, 0.2) is 11.5 Å². The average molecular weight is 488 g/mol. The van der Waals surface area contributed by atoms with E-state index in [4.69, 9.17) is 39.0 Å². The maximum atomic E-state index is 12.0. The first-order valence-corrected chi connectivity index (χ1v) is 10.9. The fourth-order valence-electron chi connectivity index (χ4n) is 3.20. The van der Waals surface area contributed by atoms with Gasteiger partial charge in [-0.1, -0.05) is 0 Å². The van der Waals surface area contributed by atoms with Crippen molar-refractivity contribution in [2.75, 3.05) is 20.3 Å². The molecule has 0 aromatic heterocycles. The Morgan fingerprint density at radius 1 is 0.853 bits per heavy atom. The van der Waals surface area contributed by atoms with Crippen molar-refractivity contribution in [2.45, 2.75) is 91.6 Å². The van der Waals surface area contributed by atoms with Crippen LogP contribution < -0.4 is 9.47 Å². The fraction of sp³-hybridized carbons (Fsp3) is 0.708. The second kappa shape index (κ2) is 12.2. The van der Waals surface area contributed by atoms with Crippen LogP contribution in [0.5, 0.6) is 11.5 Å². The van der Waals surface area contributed by atoms with Gasteiger partial charge < -0.3 is 28.9 Å². The highest BCUT2D eigenvalue weighted by Crippen LogP contribution is 2.32. The van der Waals surface area contributed by atoms with Crippen LogP contribution in [0.1, 0.15) is 79.6 Å². The molecule has 0 fully saturated rings. The molecule has 0 aliphatic carbocycles. The largest absolute Gasteiger partial charge is 0.487 e. The van der Waals surface area contributed by atoms with Gasteiger partial charge in [0.25, 0.3) is 5.09 Å². The fourth-order valence-corrected chi connectivity index (χ4v) is 3.20. The normalized spacial score (nSPS) is 12.3. The van der Waals surface area contributed by atoms with Crippen LogP contribution in [0.4, 0.5) is 0 Å². The highest BCUT2D eigenvalue weighted by atomic mass is 16.9. The van der Waals surface area contributed by atoms with Crippen molar-refractivity contribution in [3.63, 3.8) is 0 Å². The number of hydrogen-bond donors (Lipinski definition) is 1. The molecular weight excluding hydrogens is 446 g/mol. The number of methoxy groups -OCH3 is 1. The molecule has 196 valence electrons. The minimum Gasteiger partial charge on any atom is -0.487 e. The van der Waals surface area contributed by atoms with Crippen molar-refractivity contribution in [2.24, 2.45) is 0 Å². The van der Waals surface area contributed by atoms with Gasteiger partial charge in [0, 0.05) is 0 Å². The van der Waals surface area contributed by atoms with Crippen LogP contribution in [0, 0.1) is 10.1 Å². The molecule has 0 saturated carbocycles. The highest BCUT2D eigenvalue weighted by Gasteiger charge is 2.29. The van der Waals surface area contributed by atoms with Crippen molar-refractivity contribution in [3.8, 4) is 11.5 Å². The molecule has 1 rings (SSSR count). The molecule has 0 saturated heterocycles. The lowest BCUT2D eigenvalue weighted by Gasteiger charge is -2.34. The topological polar surface area (TPSA) is 127 Å². The van der Waals surface area contributed by atoms with Gasteiger partial charge in [-0.25, -0.2) is 4.79 Å². The van der Waals surface area contributed by atoms with Gasteiger partial charge in [-0.2, -0.15) is 0 Å². The molecule has 0 aliphatic heterocycles. The molecule has 34 heavy (non-hydrogen) atoms. The van der Waals surface area contributed by atoms with Crippen molar-refractivity contribution < 1.29 is 38.8 Å². The standard InChI is InChI=1S/C24H40O6.HNO3/c1-21(2,3)29-23(7,8)15-27-18-13-12-17(20(25)26-11)14-19(18)28-16-24(9,10)30-22(4,5)6;2-1(3)4/h12-14H,15-16H2,1-11H3;(H,2,3,4). The smallest absolute Gasteiger partial charge is 0.337 e. The summed E-state index contributed by atoms with van der Waals surface area (Å²) in [6, 6.07) is 5.00. The SMILES string of the molecule is COC(=O)c1ccc(OCC(C)(C)OC(C)(C)C)c(OCC(C)(C)OC(C)(C)C)c1.O=[N+]([O-])O. The van der Waals surface area contributed by atoms with E-state index in [-0.39, 0.29) is 17.8 Å². The lowest BCUT2D eigenvalue weighted by molar-refractivity contribution is -0.742. The number of hydrogen-bond acceptors (Lipinski definition) is 8. The maximum Gasteiger partial charge on any atom is 0.337 e. The van der Waals surface area contributed by atoms with Gasteiger partial charge in [-0.05, 0) is 87.4 Å². The highest BCUT2D eigenvalue weighted by molar-refractivity contribution is 5.90. The summed E-state index contributed by atoms with van der Waals surface area (Å²) in [7, 11) is 1.35. The van der Waals surface area contributed by atoms with Crippen LogP contribution in [0.2, 0.25) is 0 Å². The van der Waals surface area contributed by atoms with E-state index in [0.717, 1.165) is 0 Å². The van der Waals surface area contributed by atoms with Crippen LogP contribution in [0.25, 0.3) is 0 Å². The van der Waals surface area contributed by atoms with E-state index in [1.165, 1.54) is 7.11 Å². The third kappa shape index (κ3) is 14.5. The summed E-state index contributed by atoms with van der Waals surface area (Å²) in [4.78, 5) is 20.3. The first-order valence-electron chi connectivity index (χ1n) is 10.9. The van der Waals surface area contributed by atoms with Crippen LogP contribution in [0.15, 0.2) is 18.2 Å². The molecule has 10 heteroatoms. The molecule has 0 bridgehead atoms. The van der Waals surface area contributed by atoms with Gasteiger partial charge in [0.2, 0.25) is 0 Å². The molecule has 0 unspecified atom stereocenters. The van der Waals surface area contributed by atoms with E-state index in [1.807, 2.05) is 69.2 Å². The molecule has 0 atom stereocenters. The van der Waals surface area contributed by atoms with Crippen LogP contribution >= 0.6 is 0 Å². The predicted molar refractivity (Wildman–Crippen MR) is 127 cm³/mol. The Bertz CT molecular complexity index is 802. The third-order valence-electron chi connectivity index (χ3n) is 3.68. The second-order valence-corrected chi connectivity index (χ2v) is 10.9. The summed E-state index contributed by atoms with van der Waals surface area (Å²) >= 11 is 0. The zero-order chi connectivity index (χ0) is 27.0. The summed E-state index contributed by atoms with van der Waals surface area (Å²) in [5.74, 6) is 0.544. The molecule has 0 aliphatic rings. The van der Waals surface area contributed by atoms with E-state index < -0.39 is 22.3 Å². The number of benzene rings is 1. The first kappa shape index (κ1) is 31.4. The van der Waals surface area contributed by atoms with Crippen molar-refractivity contribution in [3.05, 3.63) is 33.9 Å². The van der Waals surface area contributed by atoms with E-state index in [1.54, 1.807) is 18.2 Å². The number of nitrogens with zero attached hydrogens (tertiary/aromatic N) is 1. The van der Waals surface area contributed by atoms with Crippen LogP contribution in [-0.4, -0.2) is 59.0 Å². The summed E-state index contributed by atoms with van der Waals surface area (Å²) in [6.45, 7) is 20.5. The summed E-state index contributed by atoms with van der Waals surface area (Å²) in [5, 5.41) is 13.6. The van der Waals surface area contributed by atoms with Gasteiger partial charge in [0.1, 0.15) is 13.2 Å². The maximum absolute atomic E-state index is 12.0. The van der Waals surface area contributed by atoms with E-state index in [0.29, 0.717) is 23.7 Å². The quantitative estimate of drug-likeness (QED) is 0.288. The first-order chi connectivity index (χ1) is 15.2. The summed E-state index contributed by atoms with van der Waals surface area (Å²) < 4.78 is 29.1. The Kier molecular flexibility index (Phi) is 11.3. The number of carbonyl (C=O) groups is 1. The monoisotopic (exact) mass is 487 g/mol. The number of esters is 1. The van der Waals surface area contributed by atoms with Crippen LogP contribution in [-0.2, 0) is 14.2 Å². The van der Waals surface area contributed by atoms with Crippen molar-refractivity contribution >= 4 is 5.97 Å². The Morgan fingerprint density at radius 2 is 1.24 bits per heavy atom. The van der Waals surface area contributed by atoms with Gasteiger partial charge in [-0.3, -0.25) is 0 Å². The molecule has 1 aromatic carbocycles. The number of ether oxygens (including phenoxy) is 5. The van der Waals surface area contributed by atoms with Crippen molar-refractivity contribution in [1.29, 1.82) is 0 Å². The zero-order valence-corrected chi connectivity index (χ0v) is 22.3. The Balaban J connectivity index is 0.00000251. The third-order valence-corrected chi connectivity index (χ3v) is 3.68. The minimum absolute atomic E-state index is 0.285. The minimum atomic E-state index is -1.50. The average Bonchev–Trinajstić information content (AvgIpc) is 2.60. The molecule has 0 amide bonds. The summed E-state index contributed by atoms with van der Waals surface area (Å²) in [6.07, 6.45) is 0. The molecule has 10 nitrogen and oxygen atoms in total. The van der Waals surface area contributed by atoms with Gasteiger partial charge in [0.05, 0.1) is 35.1 Å². The zero-order valence-electron chi connectivity index (χ0n) is 22.3. The van der Waals surface area contributed by atoms with E-state index >= 15 is 0 Å². The Hall–Kier alpha value is -2.59.